The number of hydrogen-bond donors (Lipinski definition) is 3. The van der Waals surface area contributed by atoms with E-state index < -0.39 is 17.7 Å². The summed E-state index contributed by atoms with van der Waals surface area (Å²) in [6.45, 7) is 5.23. The van der Waals surface area contributed by atoms with Gasteiger partial charge in [-0.15, -0.1) is 0 Å². The number of para-hydroxylation sites is 1. The van der Waals surface area contributed by atoms with E-state index in [1.54, 1.807) is 12.5 Å². The fourth-order valence-electron chi connectivity index (χ4n) is 5.36. The summed E-state index contributed by atoms with van der Waals surface area (Å²) < 4.78 is 35.3. The van der Waals surface area contributed by atoms with Crippen molar-refractivity contribution < 1.29 is 18.1 Å². The minimum absolute atomic E-state index is 0.0767. The van der Waals surface area contributed by atoms with E-state index in [0.29, 0.717) is 55.7 Å². The molecule has 8 nitrogen and oxygen atoms in total. The third-order valence-corrected chi connectivity index (χ3v) is 7.48. The maximum absolute atomic E-state index is 14.4. The normalized spacial score (nSPS) is 15.5. The number of aryl methyl sites for hydroxylation is 2. The Hall–Kier alpha value is -3.89. The van der Waals surface area contributed by atoms with Crippen LogP contribution in [0.2, 0.25) is 0 Å². The third kappa shape index (κ3) is 7.07. The maximum atomic E-state index is 14.4. The zero-order chi connectivity index (χ0) is 28.8. The van der Waals surface area contributed by atoms with Crippen molar-refractivity contribution in [2.75, 3.05) is 5.32 Å². The van der Waals surface area contributed by atoms with Crippen LogP contribution in [0, 0.1) is 11.6 Å². The number of fused-ring (bicyclic) bond motifs is 1. The predicted molar refractivity (Wildman–Crippen MR) is 153 cm³/mol. The van der Waals surface area contributed by atoms with Crippen LogP contribution in [0.5, 0.6) is 0 Å². The Morgan fingerprint density at radius 3 is 2.83 bits per heavy atom. The number of carbonyl (C=O) groups excluding carboxylic acids is 1. The zero-order valence-electron chi connectivity index (χ0n) is 23.4. The molecule has 3 N–H and O–H groups in total. The predicted octanol–water partition coefficient (Wildman–Crippen LogP) is 5.25. The maximum Gasteiger partial charge on any atom is 0.242 e. The van der Waals surface area contributed by atoms with Gasteiger partial charge in [-0.2, -0.15) is 0 Å². The number of nitrogens with zero attached hydrogens (tertiary/aromatic N) is 3. The smallest absolute Gasteiger partial charge is 0.242 e. The topological polar surface area (TPSA) is 97.0 Å². The molecular weight excluding hydrogens is 526 g/mol. The van der Waals surface area contributed by atoms with Crippen molar-refractivity contribution in [1.29, 1.82) is 0 Å². The summed E-state index contributed by atoms with van der Waals surface area (Å²) in [6, 6.07) is 11.7. The van der Waals surface area contributed by atoms with E-state index in [1.165, 1.54) is 6.07 Å². The van der Waals surface area contributed by atoms with Crippen LogP contribution in [-0.2, 0) is 37.1 Å². The Kier molecular flexibility index (Phi) is 9.21. The lowest BCUT2D eigenvalue weighted by Crippen LogP contribution is -2.48. The molecular formula is C31H36F2N6O2. The number of anilines is 1. The van der Waals surface area contributed by atoms with Gasteiger partial charge >= 0.3 is 0 Å². The second-order valence-corrected chi connectivity index (χ2v) is 10.5. The first-order chi connectivity index (χ1) is 19.9. The lowest BCUT2D eigenvalue weighted by molar-refractivity contribution is -0.118. The second-order valence-electron chi connectivity index (χ2n) is 10.5. The van der Waals surface area contributed by atoms with Gasteiger partial charge in [0, 0.05) is 24.7 Å². The van der Waals surface area contributed by atoms with E-state index >= 15 is 0 Å². The van der Waals surface area contributed by atoms with Gasteiger partial charge in [-0.25, -0.2) is 13.8 Å². The van der Waals surface area contributed by atoms with E-state index in [-0.39, 0.29) is 11.9 Å². The molecule has 0 radical (unpaired) electrons. The van der Waals surface area contributed by atoms with Crippen LogP contribution < -0.4 is 16.0 Å². The molecule has 0 bridgehead atoms. The SMILES string of the molecule is CCC[C@H](N[C@H]1CCc2cc(F)cc(F)c2C1)C(=O)Nc1cn(-c2ccccc2CNCc2cc(CC)no2)cn1. The fourth-order valence-corrected chi connectivity index (χ4v) is 5.36. The molecule has 41 heavy (non-hydrogen) atoms. The van der Waals surface area contributed by atoms with Crippen molar-refractivity contribution in [3.63, 3.8) is 0 Å². The van der Waals surface area contributed by atoms with Gasteiger partial charge < -0.3 is 25.0 Å². The average Bonchev–Trinajstić information content (AvgIpc) is 3.63. The van der Waals surface area contributed by atoms with E-state index in [0.717, 1.165) is 41.6 Å². The zero-order valence-corrected chi connectivity index (χ0v) is 23.4. The van der Waals surface area contributed by atoms with Crippen molar-refractivity contribution >= 4 is 11.7 Å². The van der Waals surface area contributed by atoms with Crippen LogP contribution in [0.1, 0.15) is 61.3 Å². The largest absolute Gasteiger partial charge is 0.360 e. The summed E-state index contributed by atoms with van der Waals surface area (Å²) in [5.74, 6) is -0.0155. The molecule has 216 valence electrons. The summed E-state index contributed by atoms with van der Waals surface area (Å²) in [7, 11) is 0. The summed E-state index contributed by atoms with van der Waals surface area (Å²) in [5.41, 5.74) is 4.18. The van der Waals surface area contributed by atoms with Crippen LogP contribution in [0.15, 0.2) is 59.5 Å². The Balaban J connectivity index is 1.21. The van der Waals surface area contributed by atoms with Gasteiger partial charge in [-0.3, -0.25) is 4.79 Å². The van der Waals surface area contributed by atoms with Gasteiger partial charge in [0.2, 0.25) is 5.91 Å². The molecule has 2 atom stereocenters. The molecule has 0 fully saturated rings. The number of aromatic nitrogens is 3. The van der Waals surface area contributed by atoms with Crippen LogP contribution in [0.3, 0.4) is 0 Å². The van der Waals surface area contributed by atoms with Gasteiger partial charge in [0.05, 0.1) is 30.2 Å². The molecule has 1 aliphatic rings. The summed E-state index contributed by atoms with van der Waals surface area (Å²) in [5, 5.41) is 13.8. The van der Waals surface area contributed by atoms with Crippen LogP contribution in [0.25, 0.3) is 5.69 Å². The summed E-state index contributed by atoms with van der Waals surface area (Å²) >= 11 is 0. The fraction of sp³-hybridized carbons (Fsp3) is 0.387. The molecule has 2 aromatic carbocycles. The van der Waals surface area contributed by atoms with E-state index in [4.69, 9.17) is 4.52 Å². The van der Waals surface area contributed by atoms with Crippen molar-refractivity contribution in [3.8, 4) is 5.69 Å². The molecule has 2 heterocycles. The number of amides is 1. The molecule has 4 aromatic rings. The number of imidazole rings is 1. The highest BCUT2D eigenvalue weighted by Gasteiger charge is 2.27. The lowest BCUT2D eigenvalue weighted by Gasteiger charge is -2.29. The molecule has 0 saturated heterocycles. The van der Waals surface area contributed by atoms with Gasteiger partial charge in [-0.1, -0.05) is 43.6 Å². The molecule has 1 aliphatic carbocycles. The van der Waals surface area contributed by atoms with Gasteiger partial charge in [0.15, 0.2) is 11.6 Å². The standard InChI is InChI=1S/C31H36F2N6O2/c1-3-7-28(36-24-11-10-20-12-22(32)13-27(33)26(20)15-24)31(40)37-30-18-39(19-35-30)29-9-6-5-8-21(29)16-34-17-25-14-23(4-2)38-41-25/h5-6,8-9,12-14,18-19,24,28,34,36H,3-4,7,10-11,15-17H2,1-2H3,(H,37,40)/t24-,28-/m0/s1. The van der Waals surface area contributed by atoms with E-state index in [2.05, 4.69) is 26.1 Å². The highest BCUT2D eigenvalue weighted by atomic mass is 19.1. The van der Waals surface area contributed by atoms with Gasteiger partial charge in [-0.05, 0) is 60.9 Å². The molecule has 0 aliphatic heterocycles. The Morgan fingerprint density at radius 2 is 2.02 bits per heavy atom. The van der Waals surface area contributed by atoms with Crippen molar-refractivity contribution in [2.45, 2.75) is 77.5 Å². The number of nitrogens with one attached hydrogen (secondary N) is 3. The average molecular weight is 563 g/mol. The molecule has 10 heteroatoms. The molecule has 5 rings (SSSR count). The Bertz CT molecular complexity index is 1480. The first-order valence-corrected chi connectivity index (χ1v) is 14.2. The van der Waals surface area contributed by atoms with Gasteiger partial charge in [0.25, 0.3) is 0 Å². The number of halogens is 2. The Morgan fingerprint density at radius 1 is 1.17 bits per heavy atom. The van der Waals surface area contributed by atoms with Crippen molar-refractivity contribution in [1.82, 2.24) is 25.3 Å². The van der Waals surface area contributed by atoms with E-state index in [9.17, 15) is 13.6 Å². The van der Waals surface area contributed by atoms with Crippen LogP contribution in [-0.4, -0.2) is 32.7 Å². The Labute approximate surface area is 238 Å². The third-order valence-electron chi connectivity index (χ3n) is 7.48. The number of benzene rings is 2. The number of carbonyl (C=O) groups is 1. The molecule has 0 unspecified atom stereocenters. The quantitative estimate of drug-likeness (QED) is 0.218. The minimum Gasteiger partial charge on any atom is -0.360 e. The van der Waals surface area contributed by atoms with Crippen LogP contribution in [0.4, 0.5) is 14.6 Å². The highest BCUT2D eigenvalue weighted by molar-refractivity contribution is 5.94. The summed E-state index contributed by atoms with van der Waals surface area (Å²) in [6.07, 6.45) is 7.43. The molecule has 1 amide bonds. The highest BCUT2D eigenvalue weighted by Crippen LogP contribution is 2.26. The van der Waals surface area contributed by atoms with Crippen molar-refractivity contribution in [3.05, 3.63) is 94.8 Å². The monoisotopic (exact) mass is 562 g/mol. The molecule has 2 aromatic heterocycles. The lowest BCUT2D eigenvalue weighted by atomic mass is 9.87. The molecule has 0 saturated carbocycles. The van der Waals surface area contributed by atoms with Crippen LogP contribution >= 0.6 is 0 Å². The van der Waals surface area contributed by atoms with E-state index in [1.807, 2.05) is 48.7 Å². The minimum atomic E-state index is -0.550. The first-order valence-electron chi connectivity index (χ1n) is 14.2. The number of rotatable bonds is 12. The van der Waals surface area contributed by atoms with Crippen molar-refractivity contribution in [2.24, 2.45) is 0 Å². The number of hydrogen-bond acceptors (Lipinski definition) is 6. The summed E-state index contributed by atoms with van der Waals surface area (Å²) in [4.78, 5) is 17.7. The first kappa shape index (κ1) is 28.6. The second kappa shape index (κ2) is 13.2. The van der Waals surface area contributed by atoms with Gasteiger partial charge in [0.1, 0.15) is 18.0 Å². The molecule has 0 spiro atoms.